The number of hydrogen-bond acceptors (Lipinski definition) is 2. The van der Waals surface area contributed by atoms with E-state index < -0.39 is 5.92 Å². The first-order chi connectivity index (χ1) is 8.92. The summed E-state index contributed by atoms with van der Waals surface area (Å²) < 4.78 is 26.2. The number of hydrogen-bond donors (Lipinski definition) is 1. The maximum Gasteiger partial charge on any atom is 0.248 e. The van der Waals surface area contributed by atoms with Crippen molar-refractivity contribution in [2.45, 2.75) is 82.7 Å². The van der Waals surface area contributed by atoms with Gasteiger partial charge in [-0.05, 0) is 43.9 Å². The van der Waals surface area contributed by atoms with Gasteiger partial charge in [-0.15, -0.1) is 0 Å². The van der Waals surface area contributed by atoms with Crippen LogP contribution in [0.25, 0.3) is 0 Å². The molecule has 19 heavy (non-hydrogen) atoms. The minimum Gasteiger partial charge on any atom is -0.311 e. The summed E-state index contributed by atoms with van der Waals surface area (Å²) in [4.78, 5) is 0. The van der Waals surface area contributed by atoms with Crippen molar-refractivity contribution >= 4 is 0 Å². The SMILES string of the molecule is C[C@]1(CC#N)CC[C@H](NC2CCC(F)(F)CC2)CC1. The lowest BCUT2D eigenvalue weighted by Gasteiger charge is -2.39. The van der Waals surface area contributed by atoms with E-state index in [1.165, 1.54) is 0 Å². The molecule has 0 radical (unpaired) electrons. The molecule has 108 valence electrons. The average Bonchev–Trinajstić information content (AvgIpc) is 2.35. The predicted molar refractivity (Wildman–Crippen MR) is 70.9 cm³/mol. The maximum atomic E-state index is 13.1. The van der Waals surface area contributed by atoms with Gasteiger partial charge in [0.05, 0.1) is 6.07 Å². The molecule has 0 aromatic carbocycles. The smallest absolute Gasteiger partial charge is 0.248 e. The molecule has 2 rings (SSSR count). The Morgan fingerprint density at radius 2 is 1.53 bits per heavy atom. The van der Waals surface area contributed by atoms with E-state index in [9.17, 15) is 8.78 Å². The van der Waals surface area contributed by atoms with Crippen LogP contribution >= 0.6 is 0 Å². The van der Waals surface area contributed by atoms with Crippen LogP contribution in [0.2, 0.25) is 0 Å². The topological polar surface area (TPSA) is 35.8 Å². The normalized spacial score (nSPS) is 35.8. The van der Waals surface area contributed by atoms with Crippen LogP contribution < -0.4 is 5.32 Å². The van der Waals surface area contributed by atoms with E-state index in [-0.39, 0.29) is 24.3 Å². The maximum absolute atomic E-state index is 13.1. The van der Waals surface area contributed by atoms with Crippen molar-refractivity contribution in [1.82, 2.24) is 5.32 Å². The van der Waals surface area contributed by atoms with Gasteiger partial charge >= 0.3 is 0 Å². The lowest BCUT2D eigenvalue weighted by atomic mass is 9.72. The number of alkyl halides is 2. The molecule has 0 atom stereocenters. The quantitative estimate of drug-likeness (QED) is 0.841. The van der Waals surface area contributed by atoms with Crippen molar-refractivity contribution in [3.05, 3.63) is 0 Å². The van der Waals surface area contributed by atoms with Gasteiger partial charge in [-0.25, -0.2) is 8.78 Å². The van der Waals surface area contributed by atoms with Crippen LogP contribution in [0, 0.1) is 16.7 Å². The van der Waals surface area contributed by atoms with Crippen LogP contribution in [0.4, 0.5) is 8.78 Å². The molecule has 0 unspecified atom stereocenters. The summed E-state index contributed by atoms with van der Waals surface area (Å²) in [5.41, 5.74) is 0.173. The van der Waals surface area contributed by atoms with Crippen molar-refractivity contribution in [3.63, 3.8) is 0 Å². The summed E-state index contributed by atoms with van der Waals surface area (Å²) in [6.07, 6.45) is 6.18. The molecule has 0 bridgehead atoms. The highest BCUT2D eigenvalue weighted by molar-refractivity contribution is 4.92. The minimum absolute atomic E-state index is 0.0313. The first kappa shape index (κ1) is 14.7. The van der Waals surface area contributed by atoms with Crippen molar-refractivity contribution < 1.29 is 8.78 Å². The molecule has 0 amide bonds. The largest absolute Gasteiger partial charge is 0.311 e. The molecule has 2 fully saturated rings. The standard InChI is InChI=1S/C15H24F2N2/c1-14(10-11-18)6-2-12(3-7-14)19-13-4-8-15(16,17)9-5-13/h12-13,19H,2-10H2,1H3/t12-,14-. The van der Waals surface area contributed by atoms with Crippen LogP contribution in [-0.2, 0) is 0 Å². The Kier molecular flexibility index (Phi) is 4.45. The Morgan fingerprint density at radius 1 is 1.05 bits per heavy atom. The second kappa shape index (κ2) is 5.75. The molecule has 2 saturated carbocycles. The Labute approximate surface area is 114 Å². The fraction of sp³-hybridized carbons (Fsp3) is 0.933. The van der Waals surface area contributed by atoms with Crippen LogP contribution in [0.5, 0.6) is 0 Å². The first-order valence-corrected chi connectivity index (χ1v) is 7.43. The van der Waals surface area contributed by atoms with E-state index in [4.69, 9.17) is 5.26 Å². The van der Waals surface area contributed by atoms with Gasteiger partial charge in [0.1, 0.15) is 0 Å². The van der Waals surface area contributed by atoms with Crippen molar-refractivity contribution in [1.29, 1.82) is 5.26 Å². The highest BCUT2D eigenvalue weighted by Crippen LogP contribution is 2.39. The molecule has 2 aliphatic carbocycles. The molecule has 0 aromatic rings. The highest BCUT2D eigenvalue weighted by Gasteiger charge is 2.36. The fourth-order valence-corrected chi connectivity index (χ4v) is 3.39. The number of nitrogens with one attached hydrogen (secondary N) is 1. The molecular formula is C15H24F2N2. The lowest BCUT2D eigenvalue weighted by Crippen LogP contribution is -2.45. The molecule has 0 spiro atoms. The molecule has 1 N–H and O–H groups in total. The van der Waals surface area contributed by atoms with Crippen molar-refractivity contribution in [3.8, 4) is 6.07 Å². The molecule has 4 heteroatoms. The van der Waals surface area contributed by atoms with E-state index in [1.54, 1.807) is 0 Å². The molecular weight excluding hydrogens is 246 g/mol. The zero-order valence-corrected chi connectivity index (χ0v) is 11.7. The Bertz CT molecular complexity index is 331. The summed E-state index contributed by atoms with van der Waals surface area (Å²) in [5.74, 6) is -2.43. The van der Waals surface area contributed by atoms with Crippen LogP contribution in [0.15, 0.2) is 0 Å². The third-order valence-electron chi connectivity index (χ3n) is 4.89. The van der Waals surface area contributed by atoms with Gasteiger partial charge in [0, 0.05) is 31.3 Å². The fourth-order valence-electron chi connectivity index (χ4n) is 3.39. The van der Waals surface area contributed by atoms with E-state index in [0.717, 1.165) is 25.7 Å². The molecule has 2 nitrogen and oxygen atoms in total. The molecule has 2 aliphatic rings. The predicted octanol–water partition coefficient (Wildman–Crippen LogP) is 4.02. The molecule has 0 saturated heterocycles. The Balaban J connectivity index is 1.73. The summed E-state index contributed by atoms with van der Waals surface area (Å²) in [6, 6.07) is 3.01. The summed E-state index contributed by atoms with van der Waals surface area (Å²) in [6.45, 7) is 2.19. The van der Waals surface area contributed by atoms with E-state index in [0.29, 0.717) is 25.3 Å². The minimum atomic E-state index is -2.43. The Hall–Kier alpha value is -0.690. The van der Waals surface area contributed by atoms with Gasteiger partial charge in [-0.1, -0.05) is 6.92 Å². The van der Waals surface area contributed by atoms with E-state index in [2.05, 4.69) is 18.3 Å². The second-order valence-electron chi connectivity index (χ2n) is 6.72. The third-order valence-corrected chi connectivity index (χ3v) is 4.89. The van der Waals surface area contributed by atoms with Gasteiger partial charge in [-0.3, -0.25) is 0 Å². The van der Waals surface area contributed by atoms with Gasteiger partial charge in [0.25, 0.3) is 0 Å². The average molecular weight is 270 g/mol. The van der Waals surface area contributed by atoms with Gasteiger partial charge in [0.2, 0.25) is 5.92 Å². The second-order valence-corrected chi connectivity index (χ2v) is 6.72. The molecule has 0 aliphatic heterocycles. The highest BCUT2D eigenvalue weighted by atomic mass is 19.3. The number of rotatable bonds is 3. The van der Waals surface area contributed by atoms with E-state index >= 15 is 0 Å². The van der Waals surface area contributed by atoms with Gasteiger partial charge in [-0.2, -0.15) is 5.26 Å². The van der Waals surface area contributed by atoms with E-state index in [1.807, 2.05) is 0 Å². The Morgan fingerprint density at radius 3 is 2.00 bits per heavy atom. The molecule has 0 aromatic heterocycles. The van der Waals surface area contributed by atoms with Gasteiger partial charge < -0.3 is 5.32 Å². The zero-order valence-electron chi connectivity index (χ0n) is 11.7. The van der Waals surface area contributed by atoms with Crippen molar-refractivity contribution in [2.24, 2.45) is 5.41 Å². The van der Waals surface area contributed by atoms with Gasteiger partial charge in [0.15, 0.2) is 0 Å². The lowest BCUT2D eigenvalue weighted by molar-refractivity contribution is -0.0418. The summed E-state index contributed by atoms with van der Waals surface area (Å²) in [5, 5.41) is 12.4. The monoisotopic (exact) mass is 270 g/mol. The number of nitrogens with zero attached hydrogens (tertiary/aromatic N) is 1. The van der Waals surface area contributed by atoms with Crippen LogP contribution in [-0.4, -0.2) is 18.0 Å². The first-order valence-electron chi connectivity index (χ1n) is 7.43. The third kappa shape index (κ3) is 4.14. The van der Waals surface area contributed by atoms with Crippen molar-refractivity contribution in [2.75, 3.05) is 0 Å². The van der Waals surface area contributed by atoms with Crippen LogP contribution in [0.3, 0.4) is 0 Å². The number of nitriles is 1. The van der Waals surface area contributed by atoms with Crippen LogP contribution in [0.1, 0.15) is 64.7 Å². The zero-order chi connectivity index (χ0) is 13.9. The number of halogens is 2. The summed E-state index contributed by atoms with van der Waals surface area (Å²) in [7, 11) is 0. The molecule has 0 heterocycles. The summed E-state index contributed by atoms with van der Waals surface area (Å²) >= 11 is 0.